The van der Waals surface area contributed by atoms with E-state index in [1.54, 1.807) is 37.4 Å². The summed E-state index contributed by atoms with van der Waals surface area (Å²) in [6, 6.07) is 6.87. The Hall–Kier alpha value is -3.16. The van der Waals surface area contributed by atoms with Crippen LogP contribution in [0.2, 0.25) is 0 Å². The van der Waals surface area contributed by atoms with Gasteiger partial charge in [-0.05, 0) is 36.8 Å². The van der Waals surface area contributed by atoms with Crippen LogP contribution in [-0.2, 0) is 5.54 Å². The van der Waals surface area contributed by atoms with E-state index in [1.165, 1.54) is 6.33 Å². The number of carbonyl (C=O) groups is 2. The minimum atomic E-state index is -1.15. The van der Waals surface area contributed by atoms with E-state index >= 15 is 0 Å². The van der Waals surface area contributed by atoms with Gasteiger partial charge in [-0.15, -0.1) is 0 Å². The number of nitrogens with zero attached hydrogens (tertiary/aromatic N) is 2. The first-order valence-corrected chi connectivity index (χ1v) is 6.95. The summed E-state index contributed by atoms with van der Waals surface area (Å²) >= 11 is 0. The average molecular weight is 313 g/mol. The zero-order chi connectivity index (χ0) is 16.4. The Labute approximate surface area is 132 Å². The summed E-state index contributed by atoms with van der Waals surface area (Å²) in [6.07, 6.45) is 1.88. The van der Waals surface area contributed by atoms with Crippen molar-refractivity contribution in [3.8, 4) is 0 Å². The molecule has 1 unspecified atom stereocenters. The maximum absolute atomic E-state index is 12.0. The number of rotatable bonds is 3. The molecule has 1 atom stereocenters. The predicted octanol–water partition coefficient (Wildman–Crippen LogP) is 1.45. The molecule has 8 heteroatoms. The third-order valence-electron chi connectivity index (χ3n) is 3.70. The van der Waals surface area contributed by atoms with Crippen molar-refractivity contribution in [2.75, 3.05) is 11.9 Å². The van der Waals surface area contributed by atoms with Crippen LogP contribution >= 0.6 is 0 Å². The van der Waals surface area contributed by atoms with Gasteiger partial charge in [0.15, 0.2) is 0 Å². The fraction of sp³-hybridized carbons (Fsp3) is 0.200. The van der Waals surface area contributed by atoms with Crippen molar-refractivity contribution in [3.05, 3.63) is 47.9 Å². The topological polar surface area (TPSA) is 116 Å². The number of amides is 2. The van der Waals surface area contributed by atoms with Gasteiger partial charge in [-0.2, -0.15) is 0 Å². The van der Waals surface area contributed by atoms with E-state index in [9.17, 15) is 9.59 Å². The molecule has 0 spiro atoms. The number of carbonyl (C=O) groups excluding carboxylic acids is 1. The van der Waals surface area contributed by atoms with E-state index in [-0.39, 0.29) is 12.5 Å². The van der Waals surface area contributed by atoms with Crippen LogP contribution in [0, 0.1) is 0 Å². The standard InChI is InChI=1S/C15H15N5O3/c1-15(20-14(22)23)7-17-13(21)10-3-2-9(6-11(10)15)19-12-4-5-16-8-18-12/h2-6,8,20H,7H2,1H3,(H,17,21)(H,22,23)(H,16,18,19). The van der Waals surface area contributed by atoms with Crippen LogP contribution in [0.25, 0.3) is 0 Å². The molecule has 3 rings (SSSR count). The van der Waals surface area contributed by atoms with Gasteiger partial charge >= 0.3 is 6.09 Å². The highest BCUT2D eigenvalue weighted by Crippen LogP contribution is 2.31. The van der Waals surface area contributed by atoms with Crippen LogP contribution in [0.4, 0.5) is 16.3 Å². The second kappa shape index (κ2) is 5.56. The number of nitrogens with one attached hydrogen (secondary N) is 3. The van der Waals surface area contributed by atoms with Gasteiger partial charge in [0.1, 0.15) is 12.1 Å². The highest BCUT2D eigenvalue weighted by molar-refractivity contribution is 5.98. The van der Waals surface area contributed by atoms with Gasteiger partial charge in [0.05, 0.1) is 5.54 Å². The van der Waals surface area contributed by atoms with Crippen molar-refractivity contribution >= 4 is 23.5 Å². The van der Waals surface area contributed by atoms with Gasteiger partial charge in [-0.3, -0.25) is 4.79 Å². The molecule has 1 aromatic carbocycles. The molecule has 4 N–H and O–H groups in total. The van der Waals surface area contributed by atoms with Crippen LogP contribution in [0.1, 0.15) is 22.8 Å². The molecule has 0 aliphatic carbocycles. The molecule has 0 bridgehead atoms. The quantitative estimate of drug-likeness (QED) is 0.681. The molecule has 23 heavy (non-hydrogen) atoms. The first-order chi connectivity index (χ1) is 11.0. The van der Waals surface area contributed by atoms with Crippen LogP contribution < -0.4 is 16.0 Å². The summed E-state index contributed by atoms with van der Waals surface area (Å²) in [5.74, 6) is 0.381. The summed E-state index contributed by atoms with van der Waals surface area (Å²) in [6.45, 7) is 1.91. The molecule has 2 aromatic rings. The Morgan fingerprint density at radius 2 is 2.22 bits per heavy atom. The van der Waals surface area contributed by atoms with E-state index in [0.29, 0.717) is 22.6 Å². The van der Waals surface area contributed by atoms with E-state index in [4.69, 9.17) is 5.11 Å². The molecule has 1 aliphatic heterocycles. The molecular weight excluding hydrogens is 298 g/mol. The first kappa shape index (κ1) is 14.8. The van der Waals surface area contributed by atoms with Crippen LogP contribution in [0.5, 0.6) is 0 Å². The maximum atomic E-state index is 12.0. The normalized spacial score (nSPS) is 19.4. The van der Waals surface area contributed by atoms with Gasteiger partial charge < -0.3 is 21.1 Å². The lowest BCUT2D eigenvalue weighted by Gasteiger charge is -2.36. The molecule has 1 aliphatic rings. The molecule has 0 fully saturated rings. The van der Waals surface area contributed by atoms with E-state index < -0.39 is 11.6 Å². The summed E-state index contributed by atoms with van der Waals surface area (Å²) in [4.78, 5) is 31.0. The minimum absolute atomic E-state index is 0.183. The van der Waals surface area contributed by atoms with Crippen molar-refractivity contribution in [1.29, 1.82) is 0 Å². The number of hydrogen-bond acceptors (Lipinski definition) is 5. The second-order valence-electron chi connectivity index (χ2n) is 5.42. The Bertz CT molecular complexity index is 765. The molecule has 2 heterocycles. The summed E-state index contributed by atoms with van der Waals surface area (Å²) in [5, 5.41) is 17.3. The largest absolute Gasteiger partial charge is 0.465 e. The third-order valence-corrected chi connectivity index (χ3v) is 3.70. The van der Waals surface area contributed by atoms with Gasteiger partial charge in [-0.25, -0.2) is 14.8 Å². The van der Waals surface area contributed by atoms with Crippen LogP contribution in [0.3, 0.4) is 0 Å². The Balaban J connectivity index is 1.99. The van der Waals surface area contributed by atoms with Crippen molar-refractivity contribution in [2.45, 2.75) is 12.5 Å². The SMILES string of the molecule is CC1(NC(=O)O)CNC(=O)c2ccc(Nc3ccncn3)cc21. The van der Waals surface area contributed by atoms with E-state index in [0.717, 1.165) is 0 Å². The monoisotopic (exact) mass is 313 g/mol. The average Bonchev–Trinajstić information content (AvgIpc) is 2.52. The molecule has 1 aromatic heterocycles. The Morgan fingerprint density at radius 1 is 1.39 bits per heavy atom. The van der Waals surface area contributed by atoms with Gasteiger partial charge in [0, 0.05) is 24.0 Å². The van der Waals surface area contributed by atoms with Gasteiger partial charge in [0.2, 0.25) is 0 Å². The number of aromatic nitrogens is 2. The van der Waals surface area contributed by atoms with E-state index in [2.05, 4.69) is 25.9 Å². The number of carboxylic acid groups (broad SMARTS) is 1. The molecule has 2 amide bonds. The Kier molecular flexibility index (Phi) is 3.57. The van der Waals surface area contributed by atoms with Crippen molar-refractivity contribution in [2.24, 2.45) is 0 Å². The van der Waals surface area contributed by atoms with Crippen LogP contribution in [-0.4, -0.2) is 33.6 Å². The fourth-order valence-electron chi connectivity index (χ4n) is 2.58. The number of anilines is 2. The molecule has 0 saturated carbocycles. The Morgan fingerprint density at radius 3 is 2.91 bits per heavy atom. The van der Waals surface area contributed by atoms with Gasteiger partial charge in [-0.1, -0.05) is 0 Å². The summed E-state index contributed by atoms with van der Waals surface area (Å²) in [5.41, 5.74) is 0.859. The highest BCUT2D eigenvalue weighted by atomic mass is 16.4. The molecule has 0 radical (unpaired) electrons. The van der Waals surface area contributed by atoms with E-state index in [1.807, 2.05) is 0 Å². The van der Waals surface area contributed by atoms with Crippen molar-refractivity contribution in [3.63, 3.8) is 0 Å². The summed E-state index contributed by atoms with van der Waals surface area (Å²) < 4.78 is 0. The van der Waals surface area contributed by atoms with Crippen molar-refractivity contribution in [1.82, 2.24) is 20.6 Å². The molecule has 0 saturated heterocycles. The van der Waals surface area contributed by atoms with Crippen molar-refractivity contribution < 1.29 is 14.7 Å². The minimum Gasteiger partial charge on any atom is -0.465 e. The first-order valence-electron chi connectivity index (χ1n) is 6.95. The molecule has 8 nitrogen and oxygen atoms in total. The highest BCUT2D eigenvalue weighted by Gasteiger charge is 2.37. The lowest BCUT2D eigenvalue weighted by molar-refractivity contribution is 0.0915. The number of fused-ring (bicyclic) bond motifs is 1. The summed E-state index contributed by atoms with van der Waals surface area (Å²) in [7, 11) is 0. The lowest BCUT2D eigenvalue weighted by Crippen LogP contribution is -2.55. The lowest BCUT2D eigenvalue weighted by atomic mass is 9.84. The number of benzene rings is 1. The maximum Gasteiger partial charge on any atom is 0.405 e. The zero-order valence-electron chi connectivity index (χ0n) is 12.3. The zero-order valence-corrected chi connectivity index (χ0v) is 12.3. The smallest absolute Gasteiger partial charge is 0.405 e. The predicted molar refractivity (Wildman–Crippen MR) is 82.6 cm³/mol. The second-order valence-corrected chi connectivity index (χ2v) is 5.42. The fourth-order valence-corrected chi connectivity index (χ4v) is 2.58. The molecule has 118 valence electrons. The molecular formula is C15H15N5O3. The van der Waals surface area contributed by atoms with Crippen LogP contribution in [0.15, 0.2) is 36.8 Å². The number of hydrogen-bond donors (Lipinski definition) is 4. The third kappa shape index (κ3) is 2.91. The van der Waals surface area contributed by atoms with Gasteiger partial charge in [0.25, 0.3) is 5.91 Å².